The molecule has 0 bridgehead atoms. The van der Waals surface area contributed by atoms with Gasteiger partial charge in [-0.25, -0.2) is 9.66 Å². The van der Waals surface area contributed by atoms with Crippen LogP contribution in [0.25, 0.3) is 0 Å². The Balaban J connectivity index is 1.46. The summed E-state index contributed by atoms with van der Waals surface area (Å²) in [7, 11) is 0. The van der Waals surface area contributed by atoms with Gasteiger partial charge in [-0.1, -0.05) is 36.4 Å². The highest BCUT2D eigenvalue weighted by Crippen LogP contribution is 2.30. The minimum Gasteiger partial charge on any atom is -0.368 e. The number of aromatic nitrogens is 2. The van der Waals surface area contributed by atoms with Crippen LogP contribution in [0.4, 0.5) is 17.3 Å². The monoisotopic (exact) mass is 419 g/mol. The van der Waals surface area contributed by atoms with Crippen molar-refractivity contribution in [2.45, 2.75) is 13.5 Å². The summed E-state index contributed by atoms with van der Waals surface area (Å²) in [5, 5.41) is 16.0. The molecule has 1 aliphatic rings. The molecule has 1 aromatic heterocycles. The molecule has 0 amide bonds. The fraction of sp³-hybridized carbons (Fsp3) is 0.273. The van der Waals surface area contributed by atoms with Crippen molar-refractivity contribution in [3.63, 3.8) is 0 Å². The number of anilines is 2. The Morgan fingerprint density at radius 2 is 1.90 bits per heavy atom. The number of nitro groups is 1. The fourth-order valence-electron chi connectivity index (χ4n) is 3.75. The number of hydrogen-bond donors (Lipinski definition) is 1. The van der Waals surface area contributed by atoms with Crippen LogP contribution >= 0.6 is 0 Å². The second-order valence-electron chi connectivity index (χ2n) is 7.58. The van der Waals surface area contributed by atoms with E-state index in [4.69, 9.17) is 5.73 Å². The van der Waals surface area contributed by atoms with Crippen LogP contribution in [0.1, 0.15) is 16.8 Å². The zero-order valence-corrected chi connectivity index (χ0v) is 17.4. The van der Waals surface area contributed by atoms with Gasteiger partial charge in [-0.15, -0.1) is 0 Å². The Kier molecular flexibility index (Phi) is 5.94. The lowest BCUT2D eigenvalue weighted by Gasteiger charge is -2.35. The maximum absolute atomic E-state index is 11.7. The molecule has 2 aromatic carbocycles. The van der Waals surface area contributed by atoms with Gasteiger partial charge in [-0.2, -0.15) is 5.10 Å². The minimum absolute atomic E-state index is 0.0789. The summed E-state index contributed by atoms with van der Waals surface area (Å²) in [6.07, 6.45) is 3.25. The van der Waals surface area contributed by atoms with Gasteiger partial charge in [0.1, 0.15) is 5.69 Å². The topological polar surface area (TPSA) is 106 Å². The van der Waals surface area contributed by atoms with Gasteiger partial charge in [0.2, 0.25) is 5.95 Å². The molecule has 0 saturated carbocycles. The molecule has 0 aliphatic carbocycles. The molecule has 1 fully saturated rings. The molecule has 3 aromatic rings. The predicted octanol–water partition coefficient (Wildman–Crippen LogP) is 2.89. The van der Waals surface area contributed by atoms with Crippen molar-refractivity contribution in [1.29, 1.82) is 0 Å². The van der Waals surface area contributed by atoms with E-state index < -0.39 is 0 Å². The zero-order valence-electron chi connectivity index (χ0n) is 17.4. The number of piperazine rings is 1. The molecule has 0 spiro atoms. The maximum Gasteiger partial charge on any atom is 0.293 e. The Morgan fingerprint density at radius 3 is 2.55 bits per heavy atom. The third kappa shape index (κ3) is 4.89. The van der Waals surface area contributed by atoms with Crippen molar-refractivity contribution in [3.8, 4) is 0 Å². The summed E-state index contributed by atoms with van der Waals surface area (Å²) in [5.41, 5.74) is 9.16. The average Bonchev–Trinajstić information content (AvgIpc) is 3.10. The molecule has 0 atom stereocenters. The highest BCUT2D eigenvalue weighted by molar-refractivity contribution is 5.83. The van der Waals surface area contributed by atoms with E-state index in [0.717, 1.165) is 38.4 Å². The summed E-state index contributed by atoms with van der Waals surface area (Å²) < 4.78 is 1.45. The van der Waals surface area contributed by atoms with Crippen molar-refractivity contribution in [2.75, 3.05) is 36.8 Å². The quantitative estimate of drug-likeness (QED) is 0.374. The van der Waals surface area contributed by atoms with Gasteiger partial charge in [-0.3, -0.25) is 15.0 Å². The Hall–Kier alpha value is -3.72. The van der Waals surface area contributed by atoms with Crippen LogP contribution in [-0.4, -0.2) is 51.9 Å². The number of nitrogens with zero attached hydrogens (tertiary/aromatic N) is 6. The highest BCUT2D eigenvalue weighted by atomic mass is 16.6. The lowest BCUT2D eigenvalue weighted by molar-refractivity contribution is -0.384. The molecule has 0 radical (unpaired) electrons. The summed E-state index contributed by atoms with van der Waals surface area (Å²) in [6.45, 7) is 5.91. The van der Waals surface area contributed by atoms with Crippen molar-refractivity contribution in [1.82, 2.24) is 14.6 Å². The van der Waals surface area contributed by atoms with Gasteiger partial charge >= 0.3 is 0 Å². The molecule has 1 saturated heterocycles. The number of rotatable bonds is 6. The van der Waals surface area contributed by atoms with Crippen LogP contribution in [0, 0.1) is 17.0 Å². The standard InChI is InChI=1S/C22H25N7O2/c1-17-15-28(22(23)25-17)24-14-19-7-8-20(21(13-19)29(30)31)27-11-9-26(10-12-27)16-18-5-3-2-4-6-18/h2-8,13-15H,9-12,16H2,1H3,(H2,23,25). The average molecular weight is 419 g/mol. The third-order valence-corrected chi connectivity index (χ3v) is 5.32. The van der Waals surface area contributed by atoms with Crippen LogP contribution in [0.5, 0.6) is 0 Å². The van der Waals surface area contributed by atoms with Crippen molar-refractivity contribution in [3.05, 3.63) is 81.7 Å². The van der Waals surface area contributed by atoms with E-state index in [1.54, 1.807) is 24.5 Å². The van der Waals surface area contributed by atoms with E-state index in [0.29, 0.717) is 11.3 Å². The van der Waals surface area contributed by atoms with Gasteiger partial charge in [0, 0.05) is 44.4 Å². The molecular weight excluding hydrogens is 394 g/mol. The zero-order chi connectivity index (χ0) is 21.8. The lowest BCUT2D eigenvalue weighted by Crippen LogP contribution is -2.46. The van der Waals surface area contributed by atoms with E-state index in [2.05, 4.69) is 32.0 Å². The molecule has 2 N–H and O–H groups in total. The van der Waals surface area contributed by atoms with Crippen LogP contribution in [0.15, 0.2) is 59.8 Å². The number of imidazole rings is 1. The lowest BCUT2D eigenvalue weighted by atomic mass is 10.1. The van der Waals surface area contributed by atoms with Gasteiger partial charge in [0.05, 0.1) is 23.0 Å². The molecule has 0 unspecified atom stereocenters. The minimum atomic E-state index is -0.335. The summed E-state index contributed by atoms with van der Waals surface area (Å²) >= 11 is 0. The first-order valence-electron chi connectivity index (χ1n) is 10.1. The third-order valence-electron chi connectivity index (χ3n) is 5.32. The second kappa shape index (κ2) is 8.97. The second-order valence-corrected chi connectivity index (χ2v) is 7.58. The Labute approximate surface area is 180 Å². The maximum atomic E-state index is 11.7. The first-order valence-corrected chi connectivity index (χ1v) is 10.1. The van der Waals surface area contributed by atoms with Gasteiger partial charge < -0.3 is 10.6 Å². The fourth-order valence-corrected chi connectivity index (χ4v) is 3.75. The number of benzene rings is 2. The molecule has 2 heterocycles. The largest absolute Gasteiger partial charge is 0.368 e. The SMILES string of the molecule is Cc1cn(N=Cc2ccc(N3CCN(Cc4ccccc4)CC3)c([N+](=O)[O-])c2)c(N)n1. The van der Waals surface area contributed by atoms with Crippen molar-refractivity contribution in [2.24, 2.45) is 5.10 Å². The summed E-state index contributed by atoms with van der Waals surface area (Å²) in [6, 6.07) is 15.5. The van der Waals surface area contributed by atoms with Crippen molar-refractivity contribution >= 4 is 23.5 Å². The van der Waals surface area contributed by atoms with Crippen molar-refractivity contribution < 1.29 is 4.92 Å². The normalized spacial score (nSPS) is 14.9. The number of nitro benzene ring substituents is 1. The van der Waals surface area contributed by atoms with E-state index in [1.807, 2.05) is 31.2 Å². The van der Waals surface area contributed by atoms with Gasteiger partial charge in [0.15, 0.2) is 0 Å². The number of nitrogens with two attached hydrogens (primary N) is 1. The molecule has 160 valence electrons. The van der Waals surface area contributed by atoms with E-state index >= 15 is 0 Å². The predicted molar refractivity (Wildman–Crippen MR) is 121 cm³/mol. The molecule has 31 heavy (non-hydrogen) atoms. The number of aryl methyl sites for hydroxylation is 1. The first kappa shape index (κ1) is 20.5. The van der Waals surface area contributed by atoms with Crippen LogP contribution in [0.2, 0.25) is 0 Å². The van der Waals surface area contributed by atoms with Crippen LogP contribution < -0.4 is 10.6 Å². The van der Waals surface area contributed by atoms with E-state index in [9.17, 15) is 10.1 Å². The van der Waals surface area contributed by atoms with Gasteiger partial charge in [-0.05, 0) is 18.6 Å². The van der Waals surface area contributed by atoms with E-state index in [1.165, 1.54) is 10.2 Å². The van der Waals surface area contributed by atoms with Gasteiger partial charge in [0.25, 0.3) is 5.69 Å². The molecule has 4 rings (SSSR count). The summed E-state index contributed by atoms with van der Waals surface area (Å²) in [4.78, 5) is 19.9. The number of nitrogen functional groups attached to an aromatic ring is 1. The molecular formula is C22H25N7O2. The molecule has 9 nitrogen and oxygen atoms in total. The Bertz CT molecular complexity index is 1090. The Morgan fingerprint density at radius 1 is 1.16 bits per heavy atom. The van der Waals surface area contributed by atoms with Crippen LogP contribution in [0.3, 0.4) is 0 Å². The highest BCUT2D eigenvalue weighted by Gasteiger charge is 2.24. The molecule has 1 aliphatic heterocycles. The first-order chi connectivity index (χ1) is 15.0. The van der Waals surface area contributed by atoms with Crippen LogP contribution in [-0.2, 0) is 6.54 Å². The summed E-state index contributed by atoms with van der Waals surface area (Å²) in [5.74, 6) is 0.272. The van der Waals surface area contributed by atoms with E-state index in [-0.39, 0.29) is 16.6 Å². The smallest absolute Gasteiger partial charge is 0.293 e. The molecule has 9 heteroatoms. The number of hydrogen-bond acceptors (Lipinski definition) is 7.